The molecule has 0 aromatic carbocycles. The molecule has 0 unspecified atom stereocenters. The Hall–Kier alpha value is -0.610. The topological polar surface area (TPSA) is 52.6 Å². The van der Waals surface area contributed by atoms with Crippen molar-refractivity contribution < 1.29 is 9.90 Å². The second-order valence-corrected chi connectivity index (χ2v) is 5.55. The number of carbonyl (C=O) groups excluding carboxylic acids is 1. The Morgan fingerprint density at radius 3 is 2.44 bits per heavy atom. The molecule has 4 heteroatoms. The van der Waals surface area contributed by atoms with E-state index in [0.29, 0.717) is 12.6 Å². The molecule has 4 nitrogen and oxygen atoms in total. The number of hydrogen-bond acceptors (Lipinski definition) is 3. The fourth-order valence-corrected chi connectivity index (χ4v) is 3.24. The summed E-state index contributed by atoms with van der Waals surface area (Å²) in [5, 5.41) is 12.5. The minimum Gasteiger partial charge on any atom is -0.395 e. The molecule has 0 bridgehead atoms. The summed E-state index contributed by atoms with van der Waals surface area (Å²) < 4.78 is 0. The molecule has 2 fully saturated rings. The second-order valence-electron chi connectivity index (χ2n) is 5.55. The Morgan fingerprint density at radius 1 is 1.11 bits per heavy atom. The van der Waals surface area contributed by atoms with Gasteiger partial charge in [0.1, 0.15) is 0 Å². The van der Waals surface area contributed by atoms with E-state index in [9.17, 15) is 9.90 Å². The first-order chi connectivity index (χ1) is 8.83. The van der Waals surface area contributed by atoms with Gasteiger partial charge in [-0.1, -0.05) is 25.7 Å². The molecule has 2 rings (SSSR count). The maximum absolute atomic E-state index is 12.5. The zero-order valence-electron chi connectivity index (χ0n) is 11.2. The van der Waals surface area contributed by atoms with Crippen LogP contribution in [0.1, 0.15) is 51.4 Å². The van der Waals surface area contributed by atoms with Gasteiger partial charge in [-0.3, -0.25) is 4.79 Å². The number of carbonyl (C=O) groups is 1. The fourth-order valence-electron chi connectivity index (χ4n) is 3.24. The molecular weight excluding hydrogens is 228 g/mol. The van der Waals surface area contributed by atoms with Crippen LogP contribution in [0.3, 0.4) is 0 Å². The van der Waals surface area contributed by atoms with Crippen LogP contribution in [0.15, 0.2) is 0 Å². The standard InChI is InChI=1S/C14H26N2O2/c17-11-10-16(12-6-2-1-3-7-12)14(18)13-8-4-5-9-15-13/h12-13,15,17H,1-11H2/t13-/m1/s1. The zero-order chi connectivity index (χ0) is 12.8. The minimum atomic E-state index is -0.00720. The van der Waals surface area contributed by atoms with Crippen molar-refractivity contribution in [1.82, 2.24) is 10.2 Å². The number of hydrogen-bond donors (Lipinski definition) is 2. The Labute approximate surface area is 110 Å². The van der Waals surface area contributed by atoms with Crippen LogP contribution >= 0.6 is 0 Å². The summed E-state index contributed by atoms with van der Waals surface area (Å²) in [5.41, 5.74) is 0. The van der Waals surface area contributed by atoms with E-state index in [0.717, 1.165) is 32.2 Å². The average molecular weight is 254 g/mol. The van der Waals surface area contributed by atoms with Crippen molar-refractivity contribution in [2.45, 2.75) is 63.5 Å². The smallest absolute Gasteiger partial charge is 0.240 e. The minimum absolute atomic E-state index is 0.00720. The summed E-state index contributed by atoms with van der Waals surface area (Å²) in [6.07, 6.45) is 9.22. The van der Waals surface area contributed by atoms with E-state index in [1.54, 1.807) is 0 Å². The molecule has 1 aliphatic carbocycles. The van der Waals surface area contributed by atoms with Gasteiger partial charge in [0.15, 0.2) is 0 Å². The summed E-state index contributed by atoms with van der Waals surface area (Å²) in [4.78, 5) is 14.5. The van der Waals surface area contributed by atoms with Crippen LogP contribution in [0.2, 0.25) is 0 Å². The highest BCUT2D eigenvalue weighted by Crippen LogP contribution is 2.24. The number of aliphatic hydroxyl groups is 1. The van der Waals surface area contributed by atoms with Crippen LogP contribution in [-0.2, 0) is 4.79 Å². The number of nitrogens with one attached hydrogen (secondary N) is 1. The molecule has 0 radical (unpaired) electrons. The van der Waals surface area contributed by atoms with E-state index in [4.69, 9.17) is 0 Å². The molecule has 0 spiro atoms. The summed E-state index contributed by atoms with van der Waals surface area (Å²) in [7, 11) is 0. The van der Waals surface area contributed by atoms with Crippen molar-refractivity contribution in [2.24, 2.45) is 0 Å². The van der Waals surface area contributed by atoms with E-state index in [1.165, 1.54) is 25.7 Å². The third kappa shape index (κ3) is 3.45. The molecule has 2 aliphatic rings. The number of aliphatic hydroxyl groups excluding tert-OH is 1. The molecule has 104 valence electrons. The Kier molecular flexibility index (Phi) is 5.45. The van der Waals surface area contributed by atoms with Crippen molar-refractivity contribution in [2.75, 3.05) is 19.7 Å². The largest absolute Gasteiger partial charge is 0.395 e. The van der Waals surface area contributed by atoms with E-state index in [1.807, 2.05) is 4.90 Å². The first-order valence-corrected chi connectivity index (χ1v) is 7.47. The van der Waals surface area contributed by atoms with E-state index in [2.05, 4.69) is 5.32 Å². The second kappa shape index (κ2) is 7.10. The number of piperidine rings is 1. The van der Waals surface area contributed by atoms with Gasteiger partial charge in [-0.2, -0.15) is 0 Å². The third-order valence-corrected chi connectivity index (χ3v) is 4.25. The van der Waals surface area contributed by atoms with Crippen LogP contribution in [0, 0.1) is 0 Å². The van der Waals surface area contributed by atoms with E-state index < -0.39 is 0 Å². The van der Waals surface area contributed by atoms with Gasteiger partial charge in [-0.15, -0.1) is 0 Å². The van der Waals surface area contributed by atoms with Gasteiger partial charge in [-0.05, 0) is 32.2 Å². The molecular formula is C14H26N2O2. The monoisotopic (exact) mass is 254 g/mol. The average Bonchev–Trinajstić information content (AvgIpc) is 2.46. The Bertz CT molecular complexity index is 259. The molecule has 2 N–H and O–H groups in total. The summed E-state index contributed by atoms with van der Waals surface area (Å²) in [5.74, 6) is 0.218. The van der Waals surface area contributed by atoms with Gasteiger partial charge in [0.2, 0.25) is 5.91 Å². The van der Waals surface area contributed by atoms with Crippen LogP contribution in [0.4, 0.5) is 0 Å². The van der Waals surface area contributed by atoms with Gasteiger partial charge in [0, 0.05) is 12.6 Å². The highest BCUT2D eigenvalue weighted by molar-refractivity contribution is 5.82. The van der Waals surface area contributed by atoms with Gasteiger partial charge < -0.3 is 15.3 Å². The van der Waals surface area contributed by atoms with Crippen molar-refractivity contribution in [3.05, 3.63) is 0 Å². The highest BCUT2D eigenvalue weighted by Gasteiger charge is 2.30. The van der Waals surface area contributed by atoms with Gasteiger partial charge in [0.25, 0.3) is 0 Å². The number of nitrogens with zero attached hydrogens (tertiary/aromatic N) is 1. The maximum atomic E-state index is 12.5. The first kappa shape index (κ1) is 13.8. The van der Waals surface area contributed by atoms with Gasteiger partial charge >= 0.3 is 0 Å². The molecule has 1 saturated carbocycles. The zero-order valence-corrected chi connectivity index (χ0v) is 11.2. The third-order valence-electron chi connectivity index (χ3n) is 4.25. The lowest BCUT2D eigenvalue weighted by Gasteiger charge is -2.37. The van der Waals surface area contributed by atoms with Crippen molar-refractivity contribution in [3.63, 3.8) is 0 Å². The van der Waals surface area contributed by atoms with Crippen LogP contribution in [0.5, 0.6) is 0 Å². The molecule has 1 heterocycles. The highest BCUT2D eigenvalue weighted by atomic mass is 16.3. The number of amides is 1. The fraction of sp³-hybridized carbons (Fsp3) is 0.929. The van der Waals surface area contributed by atoms with Gasteiger partial charge in [0.05, 0.1) is 12.6 Å². The van der Waals surface area contributed by atoms with Crippen LogP contribution in [0.25, 0.3) is 0 Å². The van der Waals surface area contributed by atoms with Crippen molar-refractivity contribution in [1.29, 1.82) is 0 Å². The molecule has 1 atom stereocenters. The van der Waals surface area contributed by atoms with Crippen molar-refractivity contribution in [3.8, 4) is 0 Å². The Morgan fingerprint density at radius 2 is 1.83 bits per heavy atom. The molecule has 0 aromatic rings. The number of rotatable bonds is 4. The predicted octanol–water partition coefficient (Wildman–Crippen LogP) is 1.28. The van der Waals surface area contributed by atoms with Crippen molar-refractivity contribution >= 4 is 5.91 Å². The Balaban J connectivity index is 1.96. The molecule has 18 heavy (non-hydrogen) atoms. The van der Waals surface area contributed by atoms with Gasteiger partial charge in [-0.25, -0.2) is 0 Å². The maximum Gasteiger partial charge on any atom is 0.240 e. The quantitative estimate of drug-likeness (QED) is 0.794. The summed E-state index contributed by atoms with van der Waals surface area (Å²) in [6, 6.07) is 0.356. The molecule has 1 saturated heterocycles. The van der Waals surface area contributed by atoms with Crippen LogP contribution < -0.4 is 5.32 Å². The lowest BCUT2D eigenvalue weighted by Crippen LogP contribution is -2.53. The first-order valence-electron chi connectivity index (χ1n) is 7.47. The van der Waals surface area contributed by atoms with E-state index >= 15 is 0 Å². The SMILES string of the molecule is O=C([C@H]1CCCCN1)N(CCO)C1CCCCC1. The summed E-state index contributed by atoms with van der Waals surface area (Å²) >= 11 is 0. The molecule has 0 aromatic heterocycles. The lowest BCUT2D eigenvalue weighted by atomic mass is 9.93. The predicted molar refractivity (Wildman–Crippen MR) is 71.3 cm³/mol. The molecule has 1 aliphatic heterocycles. The lowest BCUT2D eigenvalue weighted by molar-refractivity contribution is -0.137. The normalized spacial score (nSPS) is 25.9. The van der Waals surface area contributed by atoms with E-state index in [-0.39, 0.29) is 18.6 Å². The van der Waals surface area contributed by atoms with Crippen LogP contribution in [-0.4, -0.2) is 47.7 Å². The molecule has 1 amide bonds. The summed E-state index contributed by atoms with van der Waals surface area (Å²) in [6.45, 7) is 1.53.